The molecule has 4 aromatic rings. The number of benzene rings is 3. The molecule has 0 saturated heterocycles. The fourth-order valence-corrected chi connectivity index (χ4v) is 4.30. The first-order chi connectivity index (χ1) is 16.0. The number of nitrogens with zero attached hydrogens (tertiary/aromatic N) is 4. The lowest BCUT2D eigenvalue weighted by molar-refractivity contribution is -0.388. The van der Waals surface area contributed by atoms with Crippen LogP contribution in [0.4, 0.5) is 18.9 Å². The van der Waals surface area contributed by atoms with Gasteiger partial charge in [0.05, 0.1) is 21.1 Å². The van der Waals surface area contributed by atoms with E-state index in [1.807, 2.05) is 32.0 Å². The Kier molecular flexibility index (Phi) is 6.37. The molecule has 0 atom stereocenters. The standard InChI is InChI=1S/C23H16ClF3N4O2S/c1-13-3-9-18(11-14(13)2)30-21(15-4-7-17(24)8-5-15)28-29-22(30)34-20-10-6-16(23(25,26)27)12-19(20)31(32)33/h3-12H,1-2H3. The Morgan fingerprint density at radius 2 is 1.68 bits per heavy atom. The largest absolute Gasteiger partial charge is 0.416 e. The van der Waals surface area contributed by atoms with E-state index in [1.54, 1.807) is 28.8 Å². The minimum Gasteiger partial charge on any atom is -0.270 e. The second kappa shape index (κ2) is 9.11. The van der Waals surface area contributed by atoms with Crippen molar-refractivity contribution in [2.24, 2.45) is 0 Å². The van der Waals surface area contributed by atoms with E-state index in [-0.39, 0.29) is 10.1 Å². The van der Waals surface area contributed by atoms with Gasteiger partial charge < -0.3 is 0 Å². The Hall–Kier alpha value is -3.37. The fourth-order valence-electron chi connectivity index (χ4n) is 3.24. The van der Waals surface area contributed by atoms with Gasteiger partial charge in [0, 0.05) is 16.7 Å². The smallest absolute Gasteiger partial charge is 0.270 e. The molecular formula is C23H16ClF3N4O2S. The second-order valence-corrected chi connectivity index (χ2v) is 8.90. The average Bonchev–Trinajstić information content (AvgIpc) is 3.19. The van der Waals surface area contributed by atoms with E-state index in [0.29, 0.717) is 28.2 Å². The number of halogens is 4. The van der Waals surface area contributed by atoms with Gasteiger partial charge in [0.15, 0.2) is 5.82 Å². The van der Waals surface area contributed by atoms with Crippen molar-refractivity contribution in [1.82, 2.24) is 14.8 Å². The number of aryl methyl sites for hydroxylation is 2. The van der Waals surface area contributed by atoms with Crippen LogP contribution in [0.1, 0.15) is 16.7 Å². The molecule has 1 heterocycles. The molecular weight excluding hydrogens is 489 g/mol. The van der Waals surface area contributed by atoms with E-state index < -0.39 is 22.4 Å². The highest BCUT2D eigenvalue weighted by Gasteiger charge is 2.33. The molecule has 0 unspecified atom stereocenters. The number of hydrogen-bond donors (Lipinski definition) is 0. The van der Waals surface area contributed by atoms with Crippen LogP contribution in [0.15, 0.2) is 70.7 Å². The first-order valence-corrected chi connectivity index (χ1v) is 11.1. The van der Waals surface area contributed by atoms with E-state index in [9.17, 15) is 23.3 Å². The Morgan fingerprint density at radius 1 is 0.971 bits per heavy atom. The Balaban J connectivity index is 1.87. The zero-order valence-corrected chi connectivity index (χ0v) is 19.4. The molecule has 174 valence electrons. The number of nitro benzene ring substituents is 1. The Bertz CT molecular complexity index is 1390. The zero-order chi connectivity index (χ0) is 24.6. The van der Waals surface area contributed by atoms with Gasteiger partial charge in [0.1, 0.15) is 0 Å². The number of aromatic nitrogens is 3. The van der Waals surface area contributed by atoms with Crippen LogP contribution >= 0.6 is 23.4 Å². The Morgan fingerprint density at radius 3 is 2.29 bits per heavy atom. The fraction of sp³-hybridized carbons (Fsp3) is 0.130. The maximum Gasteiger partial charge on any atom is 0.416 e. The van der Waals surface area contributed by atoms with Crippen molar-refractivity contribution in [1.29, 1.82) is 0 Å². The lowest BCUT2D eigenvalue weighted by atomic mass is 10.1. The summed E-state index contributed by atoms with van der Waals surface area (Å²) in [5.74, 6) is 0.456. The van der Waals surface area contributed by atoms with Gasteiger partial charge in [0.25, 0.3) is 5.69 Å². The van der Waals surface area contributed by atoms with Crippen LogP contribution in [0.3, 0.4) is 0 Å². The van der Waals surface area contributed by atoms with E-state index in [1.165, 1.54) is 0 Å². The molecule has 0 spiro atoms. The molecule has 0 aliphatic rings. The molecule has 3 aromatic carbocycles. The van der Waals surface area contributed by atoms with Crippen LogP contribution in [0.2, 0.25) is 5.02 Å². The van der Waals surface area contributed by atoms with E-state index in [4.69, 9.17) is 11.6 Å². The minimum absolute atomic E-state index is 0.0122. The molecule has 0 aliphatic heterocycles. The summed E-state index contributed by atoms with van der Waals surface area (Å²) in [7, 11) is 0. The normalized spacial score (nSPS) is 11.6. The van der Waals surface area contributed by atoms with Crippen LogP contribution in [0, 0.1) is 24.0 Å². The van der Waals surface area contributed by atoms with Crippen LogP contribution < -0.4 is 0 Å². The van der Waals surface area contributed by atoms with Gasteiger partial charge in [-0.25, -0.2) is 0 Å². The molecule has 0 saturated carbocycles. The number of rotatable bonds is 5. The summed E-state index contributed by atoms with van der Waals surface area (Å²) in [4.78, 5) is 10.7. The van der Waals surface area contributed by atoms with Crippen molar-refractivity contribution in [2.75, 3.05) is 0 Å². The van der Waals surface area contributed by atoms with Crippen molar-refractivity contribution >= 4 is 29.1 Å². The number of nitro groups is 1. The molecule has 0 radical (unpaired) electrons. The maximum atomic E-state index is 13.1. The molecule has 1 aromatic heterocycles. The molecule has 0 aliphatic carbocycles. The van der Waals surface area contributed by atoms with Crippen molar-refractivity contribution in [2.45, 2.75) is 30.1 Å². The molecule has 0 N–H and O–H groups in total. The third kappa shape index (κ3) is 4.78. The highest BCUT2D eigenvalue weighted by molar-refractivity contribution is 7.99. The molecule has 11 heteroatoms. The van der Waals surface area contributed by atoms with Crippen LogP contribution in [0.5, 0.6) is 0 Å². The summed E-state index contributed by atoms with van der Waals surface area (Å²) in [5, 5.41) is 20.8. The first kappa shape index (κ1) is 23.8. The van der Waals surface area contributed by atoms with Crippen molar-refractivity contribution in [3.05, 3.63) is 92.5 Å². The van der Waals surface area contributed by atoms with Gasteiger partial charge in [-0.1, -0.05) is 17.7 Å². The third-order valence-electron chi connectivity index (χ3n) is 5.17. The van der Waals surface area contributed by atoms with Gasteiger partial charge in [-0.15, -0.1) is 10.2 Å². The summed E-state index contributed by atoms with van der Waals surface area (Å²) < 4.78 is 41.0. The van der Waals surface area contributed by atoms with Crippen LogP contribution in [0.25, 0.3) is 17.1 Å². The minimum atomic E-state index is -4.70. The van der Waals surface area contributed by atoms with Gasteiger partial charge in [0.2, 0.25) is 5.16 Å². The van der Waals surface area contributed by atoms with E-state index >= 15 is 0 Å². The van der Waals surface area contributed by atoms with E-state index in [0.717, 1.165) is 35.0 Å². The summed E-state index contributed by atoms with van der Waals surface area (Å²) in [6, 6.07) is 15.0. The SMILES string of the molecule is Cc1ccc(-n2c(Sc3ccc(C(F)(F)F)cc3[N+](=O)[O-])nnc2-c2ccc(Cl)cc2)cc1C. The Labute approximate surface area is 201 Å². The van der Waals surface area contributed by atoms with Gasteiger partial charge in [-0.3, -0.25) is 14.7 Å². The predicted octanol–water partition coefficient (Wildman–Crippen LogP) is 7.28. The predicted molar refractivity (Wildman–Crippen MR) is 124 cm³/mol. The highest BCUT2D eigenvalue weighted by atomic mass is 35.5. The quantitative estimate of drug-likeness (QED) is 0.211. The molecule has 0 amide bonds. The van der Waals surface area contributed by atoms with Crippen molar-refractivity contribution < 1.29 is 18.1 Å². The summed E-state index contributed by atoms with van der Waals surface area (Å²) in [6.45, 7) is 3.91. The average molecular weight is 505 g/mol. The molecule has 4 rings (SSSR count). The maximum absolute atomic E-state index is 13.1. The molecule has 6 nitrogen and oxygen atoms in total. The van der Waals surface area contributed by atoms with E-state index in [2.05, 4.69) is 10.2 Å². The topological polar surface area (TPSA) is 73.8 Å². The first-order valence-electron chi connectivity index (χ1n) is 9.87. The zero-order valence-electron chi connectivity index (χ0n) is 17.8. The lowest BCUT2D eigenvalue weighted by Crippen LogP contribution is -2.06. The third-order valence-corrected chi connectivity index (χ3v) is 6.43. The molecule has 0 fully saturated rings. The van der Waals surface area contributed by atoms with Gasteiger partial charge in [-0.05, 0) is 85.3 Å². The summed E-state index contributed by atoms with van der Waals surface area (Å²) in [5.41, 5.74) is 1.71. The van der Waals surface area contributed by atoms with Gasteiger partial charge in [-0.2, -0.15) is 13.2 Å². The van der Waals surface area contributed by atoms with Crippen molar-refractivity contribution in [3.63, 3.8) is 0 Å². The van der Waals surface area contributed by atoms with Crippen LogP contribution in [-0.2, 0) is 6.18 Å². The monoisotopic (exact) mass is 504 g/mol. The molecule has 0 bridgehead atoms. The number of alkyl halides is 3. The second-order valence-electron chi connectivity index (χ2n) is 7.46. The number of hydrogen-bond acceptors (Lipinski definition) is 5. The summed E-state index contributed by atoms with van der Waals surface area (Å²) >= 11 is 6.87. The van der Waals surface area contributed by atoms with Crippen LogP contribution in [-0.4, -0.2) is 19.7 Å². The lowest BCUT2D eigenvalue weighted by Gasteiger charge is -2.13. The summed E-state index contributed by atoms with van der Waals surface area (Å²) in [6.07, 6.45) is -4.70. The highest BCUT2D eigenvalue weighted by Crippen LogP contribution is 2.40. The van der Waals surface area contributed by atoms with Gasteiger partial charge >= 0.3 is 6.18 Å². The molecule has 34 heavy (non-hydrogen) atoms. The van der Waals surface area contributed by atoms with Crippen molar-refractivity contribution in [3.8, 4) is 17.1 Å².